The van der Waals surface area contributed by atoms with Gasteiger partial charge in [-0.3, -0.25) is 4.79 Å². The van der Waals surface area contributed by atoms with Crippen LogP contribution in [0, 0.1) is 0 Å². The lowest BCUT2D eigenvalue weighted by Crippen LogP contribution is -2.60. The molecular weight excluding hydrogens is 268 g/mol. The third-order valence-corrected chi connectivity index (χ3v) is 4.59. The summed E-state index contributed by atoms with van der Waals surface area (Å²) in [5.74, 6) is -0.457. The molecule has 0 aliphatic heterocycles. The predicted molar refractivity (Wildman–Crippen MR) is 80.2 cm³/mol. The van der Waals surface area contributed by atoms with Crippen LogP contribution in [0.1, 0.15) is 43.7 Å². The minimum absolute atomic E-state index is 0.232. The number of rotatable bonds is 5. The quantitative estimate of drug-likeness (QED) is 0.618. The lowest BCUT2D eigenvalue weighted by atomic mass is 9.60. The minimum atomic E-state index is -0.690. The molecule has 0 unspecified atom stereocenters. The fraction of sp³-hybridized carbons (Fsp3) is 0.588. The highest BCUT2D eigenvalue weighted by molar-refractivity contribution is 5.85. The molecule has 1 aliphatic carbocycles. The molecule has 1 aliphatic rings. The van der Waals surface area contributed by atoms with Crippen LogP contribution in [0.5, 0.6) is 0 Å². The summed E-state index contributed by atoms with van der Waals surface area (Å²) in [6.07, 6.45) is 0.946. The lowest BCUT2D eigenvalue weighted by Gasteiger charge is -2.52. The van der Waals surface area contributed by atoms with Crippen molar-refractivity contribution in [3.63, 3.8) is 0 Å². The number of benzene rings is 1. The van der Waals surface area contributed by atoms with Crippen LogP contribution in [0.25, 0.3) is 0 Å². The molecule has 0 heterocycles. The molecule has 0 radical (unpaired) electrons. The Morgan fingerprint density at radius 1 is 1.05 bits per heavy atom. The van der Waals surface area contributed by atoms with E-state index in [4.69, 9.17) is 14.2 Å². The molecular formula is C17H24O4. The first-order chi connectivity index (χ1) is 9.93. The van der Waals surface area contributed by atoms with Crippen molar-refractivity contribution in [1.29, 1.82) is 0 Å². The van der Waals surface area contributed by atoms with E-state index in [1.807, 2.05) is 12.1 Å². The molecule has 1 saturated carbocycles. The van der Waals surface area contributed by atoms with Gasteiger partial charge in [0.1, 0.15) is 5.41 Å². The molecule has 21 heavy (non-hydrogen) atoms. The van der Waals surface area contributed by atoms with Gasteiger partial charge in [0.05, 0.1) is 7.11 Å². The molecule has 0 atom stereocenters. The highest BCUT2D eigenvalue weighted by atomic mass is 16.7. The summed E-state index contributed by atoms with van der Waals surface area (Å²) in [6.45, 7) is 4.30. The van der Waals surface area contributed by atoms with Crippen LogP contribution in [0.3, 0.4) is 0 Å². The number of hydrogen-bond acceptors (Lipinski definition) is 4. The Hall–Kier alpha value is -1.39. The van der Waals surface area contributed by atoms with E-state index in [-0.39, 0.29) is 5.97 Å². The Kier molecular flexibility index (Phi) is 4.40. The highest BCUT2D eigenvalue weighted by Gasteiger charge is 2.62. The normalized spacial score (nSPS) is 19.1. The maximum atomic E-state index is 12.3. The van der Waals surface area contributed by atoms with Crippen molar-refractivity contribution >= 4 is 5.97 Å². The number of carbonyl (C=O) groups is 1. The third-order valence-electron chi connectivity index (χ3n) is 4.59. The molecule has 1 fully saturated rings. The monoisotopic (exact) mass is 292 g/mol. The lowest BCUT2D eigenvalue weighted by molar-refractivity contribution is -0.278. The molecule has 4 heteroatoms. The van der Waals surface area contributed by atoms with Gasteiger partial charge in [-0.2, -0.15) is 0 Å². The summed E-state index contributed by atoms with van der Waals surface area (Å²) in [6, 6.07) is 8.18. The molecule has 0 N–H and O–H groups in total. The first-order valence-electron chi connectivity index (χ1n) is 7.22. The second kappa shape index (κ2) is 5.78. The average Bonchev–Trinajstić information content (AvgIpc) is 2.47. The van der Waals surface area contributed by atoms with E-state index in [2.05, 4.69) is 26.0 Å². The average molecular weight is 292 g/mol. The van der Waals surface area contributed by atoms with Crippen LogP contribution >= 0.6 is 0 Å². The maximum Gasteiger partial charge on any atom is 0.316 e. The van der Waals surface area contributed by atoms with E-state index >= 15 is 0 Å². The van der Waals surface area contributed by atoms with E-state index in [1.54, 1.807) is 14.2 Å². The molecule has 1 aromatic carbocycles. The van der Waals surface area contributed by atoms with E-state index in [0.717, 1.165) is 5.56 Å². The van der Waals surface area contributed by atoms with E-state index in [1.165, 1.54) is 12.7 Å². The second-order valence-electron chi connectivity index (χ2n) is 6.02. The van der Waals surface area contributed by atoms with Gasteiger partial charge in [0.2, 0.25) is 0 Å². The zero-order valence-corrected chi connectivity index (χ0v) is 13.4. The van der Waals surface area contributed by atoms with Crippen molar-refractivity contribution in [3.05, 3.63) is 35.4 Å². The fourth-order valence-corrected chi connectivity index (χ4v) is 3.09. The minimum Gasteiger partial charge on any atom is -0.468 e. The SMILES string of the molecule is COC(=O)C1(c2ccc(C(C)C)cc2)CC(OC)(OC)C1. The molecule has 2 rings (SSSR count). The summed E-state index contributed by atoms with van der Waals surface area (Å²) >= 11 is 0. The number of carbonyl (C=O) groups excluding carboxylic acids is 1. The summed E-state index contributed by atoms with van der Waals surface area (Å²) in [5, 5.41) is 0. The number of hydrogen-bond donors (Lipinski definition) is 0. The van der Waals surface area contributed by atoms with Gasteiger partial charge in [0.15, 0.2) is 5.79 Å². The molecule has 116 valence electrons. The number of methoxy groups -OCH3 is 3. The zero-order chi connectivity index (χ0) is 15.7. The van der Waals surface area contributed by atoms with Crippen molar-refractivity contribution in [2.45, 2.75) is 43.8 Å². The molecule has 0 bridgehead atoms. The van der Waals surface area contributed by atoms with Crippen LogP contribution in [0.4, 0.5) is 0 Å². The molecule has 1 aromatic rings. The van der Waals surface area contributed by atoms with Crippen LogP contribution in [0.15, 0.2) is 24.3 Å². The van der Waals surface area contributed by atoms with Crippen LogP contribution in [0.2, 0.25) is 0 Å². The van der Waals surface area contributed by atoms with E-state index < -0.39 is 11.2 Å². The van der Waals surface area contributed by atoms with Crippen molar-refractivity contribution in [2.75, 3.05) is 21.3 Å². The maximum absolute atomic E-state index is 12.3. The third kappa shape index (κ3) is 2.58. The van der Waals surface area contributed by atoms with Crippen molar-refractivity contribution in [3.8, 4) is 0 Å². The Balaban J connectivity index is 2.33. The molecule has 0 spiro atoms. The largest absolute Gasteiger partial charge is 0.468 e. The number of esters is 1. The van der Waals surface area contributed by atoms with Crippen molar-refractivity contribution < 1.29 is 19.0 Å². The topological polar surface area (TPSA) is 44.8 Å². The van der Waals surface area contributed by atoms with Gasteiger partial charge in [-0.05, 0) is 17.0 Å². The van der Waals surface area contributed by atoms with Gasteiger partial charge < -0.3 is 14.2 Å². The predicted octanol–water partition coefficient (Wildman–Crippen LogP) is 3.00. The summed E-state index contributed by atoms with van der Waals surface area (Å²) < 4.78 is 15.9. The second-order valence-corrected chi connectivity index (χ2v) is 6.02. The Bertz CT molecular complexity index is 492. The van der Waals surface area contributed by atoms with E-state index in [9.17, 15) is 4.79 Å². The van der Waals surface area contributed by atoms with Gasteiger partial charge in [-0.1, -0.05) is 38.1 Å². The highest BCUT2D eigenvalue weighted by Crippen LogP contribution is 2.53. The Morgan fingerprint density at radius 2 is 1.57 bits per heavy atom. The Morgan fingerprint density at radius 3 is 1.95 bits per heavy atom. The standard InChI is InChI=1S/C17H24O4/c1-12(2)13-6-8-14(9-7-13)16(15(18)19-3)10-17(11-16,20-4)21-5/h6-9,12H,10-11H2,1-5H3. The van der Waals surface area contributed by atoms with Gasteiger partial charge >= 0.3 is 5.97 Å². The van der Waals surface area contributed by atoms with Crippen LogP contribution in [-0.2, 0) is 24.4 Å². The van der Waals surface area contributed by atoms with E-state index in [0.29, 0.717) is 18.8 Å². The van der Waals surface area contributed by atoms with Gasteiger partial charge in [0, 0.05) is 27.1 Å². The van der Waals surface area contributed by atoms with Gasteiger partial charge in [-0.15, -0.1) is 0 Å². The smallest absolute Gasteiger partial charge is 0.316 e. The van der Waals surface area contributed by atoms with Crippen molar-refractivity contribution in [1.82, 2.24) is 0 Å². The molecule has 0 amide bonds. The zero-order valence-electron chi connectivity index (χ0n) is 13.4. The fourth-order valence-electron chi connectivity index (χ4n) is 3.09. The van der Waals surface area contributed by atoms with Gasteiger partial charge in [0.25, 0.3) is 0 Å². The number of ether oxygens (including phenoxy) is 3. The van der Waals surface area contributed by atoms with Crippen LogP contribution in [-0.4, -0.2) is 33.1 Å². The first-order valence-corrected chi connectivity index (χ1v) is 7.22. The Labute approximate surface area is 126 Å². The molecule has 0 aromatic heterocycles. The van der Waals surface area contributed by atoms with Gasteiger partial charge in [-0.25, -0.2) is 0 Å². The van der Waals surface area contributed by atoms with Crippen molar-refractivity contribution in [2.24, 2.45) is 0 Å². The van der Waals surface area contributed by atoms with Crippen LogP contribution < -0.4 is 0 Å². The molecule has 4 nitrogen and oxygen atoms in total. The summed E-state index contributed by atoms with van der Waals surface area (Å²) in [4.78, 5) is 12.3. The summed E-state index contributed by atoms with van der Waals surface area (Å²) in [7, 11) is 4.63. The molecule has 0 saturated heterocycles. The summed E-state index contributed by atoms with van der Waals surface area (Å²) in [5.41, 5.74) is 1.54. The first kappa shape index (κ1) is 16.0.